The highest BCUT2D eigenvalue weighted by molar-refractivity contribution is 5.78. The molecule has 7 heteroatoms. The van der Waals surface area contributed by atoms with E-state index in [1.807, 2.05) is 0 Å². The molecule has 1 fully saturated rings. The van der Waals surface area contributed by atoms with Gasteiger partial charge in [0.1, 0.15) is 0 Å². The van der Waals surface area contributed by atoms with Crippen molar-refractivity contribution in [1.29, 1.82) is 0 Å². The molecule has 1 rings (SSSR count). The number of carbonyl (C=O) groups is 2. The van der Waals surface area contributed by atoms with Gasteiger partial charge in [-0.3, -0.25) is 4.79 Å². The second-order valence-electron chi connectivity index (χ2n) is 3.77. The molecule has 0 radical (unpaired) electrons. The molecule has 17 heavy (non-hydrogen) atoms. The number of ether oxygens (including phenoxy) is 2. The zero-order valence-corrected chi connectivity index (χ0v) is 9.77. The number of hydrogen-bond acceptors (Lipinski definition) is 5. The molecule has 0 aromatic heterocycles. The molecule has 1 heterocycles. The van der Waals surface area contributed by atoms with E-state index in [1.54, 1.807) is 0 Å². The molecule has 7 nitrogen and oxygen atoms in total. The first kappa shape index (κ1) is 13.9. The molecule has 0 spiro atoms. The average Bonchev–Trinajstić information content (AvgIpc) is 2.30. The fourth-order valence-corrected chi connectivity index (χ4v) is 1.51. The molecular weight excluding hydrogens is 228 g/mol. The molecule has 0 aromatic rings. The lowest BCUT2D eigenvalue weighted by molar-refractivity contribution is -0.148. The quantitative estimate of drug-likeness (QED) is 0.532. The number of morpholine rings is 1. The zero-order valence-electron chi connectivity index (χ0n) is 9.77. The molecule has 1 aliphatic rings. The molecule has 1 amide bonds. The highest BCUT2D eigenvalue weighted by Crippen LogP contribution is 2.01. The summed E-state index contributed by atoms with van der Waals surface area (Å²) in [7, 11) is 1.29. The SMILES string of the molecule is COC(CNC(=O)CC1CNCCO1)C(=O)O. The third-order valence-electron chi connectivity index (χ3n) is 2.46. The Morgan fingerprint density at radius 1 is 1.65 bits per heavy atom. The van der Waals surface area contributed by atoms with Crippen molar-refractivity contribution in [3.8, 4) is 0 Å². The number of aliphatic carboxylic acids is 1. The number of methoxy groups -OCH3 is 1. The van der Waals surface area contributed by atoms with Crippen molar-refractivity contribution in [3.05, 3.63) is 0 Å². The van der Waals surface area contributed by atoms with Gasteiger partial charge in [0.25, 0.3) is 0 Å². The molecule has 0 aliphatic carbocycles. The molecule has 3 N–H and O–H groups in total. The van der Waals surface area contributed by atoms with E-state index in [0.29, 0.717) is 13.2 Å². The van der Waals surface area contributed by atoms with Crippen molar-refractivity contribution in [1.82, 2.24) is 10.6 Å². The first-order chi connectivity index (χ1) is 8.13. The standard InChI is InChI=1S/C10H18N2O5/c1-16-8(10(14)15)6-12-9(13)4-7-5-11-2-3-17-7/h7-8,11H,2-6H2,1H3,(H,12,13)(H,14,15). The highest BCUT2D eigenvalue weighted by atomic mass is 16.5. The first-order valence-electron chi connectivity index (χ1n) is 5.48. The zero-order chi connectivity index (χ0) is 12.7. The largest absolute Gasteiger partial charge is 0.479 e. The number of rotatable bonds is 6. The summed E-state index contributed by atoms with van der Waals surface area (Å²) in [5.74, 6) is -1.33. The van der Waals surface area contributed by atoms with Gasteiger partial charge in [-0.05, 0) is 0 Å². The Hall–Kier alpha value is -1.18. The van der Waals surface area contributed by atoms with E-state index in [2.05, 4.69) is 10.6 Å². The fourth-order valence-electron chi connectivity index (χ4n) is 1.51. The third-order valence-corrected chi connectivity index (χ3v) is 2.46. The summed E-state index contributed by atoms with van der Waals surface area (Å²) in [5, 5.41) is 14.3. The van der Waals surface area contributed by atoms with Gasteiger partial charge in [-0.2, -0.15) is 0 Å². The number of carboxylic acids is 1. The van der Waals surface area contributed by atoms with Crippen LogP contribution in [0.2, 0.25) is 0 Å². The van der Waals surface area contributed by atoms with Crippen LogP contribution in [0.3, 0.4) is 0 Å². The van der Waals surface area contributed by atoms with Crippen molar-refractivity contribution in [2.45, 2.75) is 18.6 Å². The van der Waals surface area contributed by atoms with Crippen LogP contribution < -0.4 is 10.6 Å². The summed E-state index contributed by atoms with van der Waals surface area (Å²) in [5.41, 5.74) is 0. The Bertz CT molecular complexity index is 265. The molecule has 2 atom stereocenters. The topological polar surface area (TPSA) is 96.9 Å². The van der Waals surface area contributed by atoms with E-state index in [-0.39, 0.29) is 25.0 Å². The number of carboxylic acid groups (broad SMARTS) is 1. The number of carbonyl (C=O) groups excluding carboxylic acids is 1. The molecule has 0 aromatic carbocycles. The molecule has 0 bridgehead atoms. The van der Waals surface area contributed by atoms with Crippen molar-refractivity contribution >= 4 is 11.9 Å². The van der Waals surface area contributed by atoms with Crippen LogP contribution in [0, 0.1) is 0 Å². The minimum Gasteiger partial charge on any atom is -0.479 e. The average molecular weight is 246 g/mol. The third kappa shape index (κ3) is 5.12. The molecule has 1 aliphatic heterocycles. The van der Waals surface area contributed by atoms with Gasteiger partial charge >= 0.3 is 5.97 Å². The van der Waals surface area contributed by atoms with Crippen molar-refractivity contribution in [2.75, 3.05) is 33.4 Å². The van der Waals surface area contributed by atoms with E-state index < -0.39 is 12.1 Å². The predicted octanol–water partition coefficient (Wildman–Crippen LogP) is -1.42. The van der Waals surface area contributed by atoms with Crippen molar-refractivity contribution in [2.24, 2.45) is 0 Å². The summed E-state index contributed by atoms with van der Waals surface area (Å²) in [6, 6.07) is 0. The highest BCUT2D eigenvalue weighted by Gasteiger charge is 2.20. The first-order valence-corrected chi connectivity index (χ1v) is 5.48. The molecule has 1 saturated heterocycles. The van der Waals surface area contributed by atoms with Crippen LogP contribution in [0.4, 0.5) is 0 Å². The number of nitrogens with one attached hydrogen (secondary N) is 2. The number of hydrogen-bond donors (Lipinski definition) is 3. The van der Waals surface area contributed by atoms with E-state index in [1.165, 1.54) is 7.11 Å². The Kier molecular flexibility index (Phi) is 5.88. The lowest BCUT2D eigenvalue weighted by atomic mass is 10.2. The summed E-state index contributed by atoms with van der Waals surface area (Å²) in [4.78, 5) is 22.1. The Balaban J connectivity index is 2.21. The van der Waals surface area contributed by atoms with Crippen molar-refractivity contribution < 1.29 is 24.2 Å². The normalized spacial score (nSPS) is 21.8. The van der Waals surface area contributed by atoms with Crippen LogP contribution in [-0.2, 0) is 19.1 Å². The lowest BCUT2D eigenvalue weighted by Crippen LogP contribution is -2.43. The Labute approximate surface area is 99.5 Å². The van der Waals surface area contributed by atoms with Gasteiger partial charge in [0.2, 0.25) is 5.91 Å². The van der Waals surface area contributed by atoms with Gasteiger partial charge in [-0.1, -0.05) is 0 Å². The predicted molar refractivity (Wildman–Crippen MR) is 58.7 cm³/mol. The molecule has 2 unspecified atom stereocenters. The van der Waals surface area contributed by atoms with Crippen molar-refractivity contribution in [3.63, 3.8) is 0 Å². The second-order valence-corrected chi connectivity index (χ2v) is 3.77. The van der Waals surface area contributed by atoms with Gasteiger partial charge < -0.3 is 25.2 Å². The maximum absolute atomic E-state index is 11.5. The fraction of sp³-hybridized carbons (Fsp3) is 0.800. The van der Waals surface area contributed by atoms with Gasteiger partial charge in [0, 0.05) is 20.2 Å². The maximum atomic E-state index is 11.5. The van der Waals surface area contributed by atoms with Crippen LogP contribution in [0.15, 0.2) is 0 Å². The Morgan fingerprint density at radius 3 is 2.94 bits per heavy atom. The summed E-state index contributed by atoms with van der Waals surface area (Å²) in [6.45, 7) is 1.99. The van der Waals surface area contributed by atoms with Gasteiger partial charge in [0.15, 0.2) is 6.10 Å². The minimum atomic E-state index is -1.09. The van der Waals surface area contributed by atoms with Gasteiger partial charge in [-0.25, -0.2) is 4.79 Å². The molecule has 0 saturated carbocycles. The number of amides is 1. The van der Waals surface area contributed by atoms with E-state index in [4.69, 9.17) is 14.6 Å². The van der Waals surface area contributed by atoms with Crippen LogP contribution in [-0.4, -0.2) is 62.5 Å². The van der Waals surface area contributed by atoms with E-state index in [0.717, 1.165) is 6.54 Å². The summed E-state index contributed by atoms with van der Waals surface area (Å²) >= 11 is 0. The van der Waals surface area contributed by atoms with E-state index >= 15 is 0 Å². The Morgan fingerprint density at radius 2 is 2.41 bits per heavy atom. The molecular formula is C10H18N2O5. The minimum absolute atomic E-state index is 0.0369. The maximum Gasteiger partial charge on any atom is 0.334 e. The summed E-state index contributed by atoms with van der Waals surface area (Å²) < 4.78 is 10.1. The second kappa shape index (κ2) is 7.21. The van der Waals surface area contributed by atoms with E-state index in [9.17, 15) is 9.59 Å². The van der Waals surface area contributed by atoms with Crippen LogP contribution in [0.5, 0.6) is 0 Å². The van der Waals surface area contributed by atoms with Gasteiger partial charge in [0.05, 0.1) is 25.7 Å². The van der Waals surface area contributed by atoms with Gasteiger partial charge in [-0.15, -0.1) is 0 Å². The monoisotopic (exact) mass is 246 g/mol. The van der Waals surface area contributed by atoms with Crippen LogP contribution in [0.25, 0.3) is 0 Å². The lowest BCUT2D eigenvalue weighted by Gasteiger charge is -2.23. The van der Waals surface area contributed by atoms with Crippen LogP contribution >= 0.6 is 0 Å². The smallest absolute Gasteiger partial charge is 0.334 e. The molecule has 98 valence electrons. The van der Waals surface area contributed by atoms with Crippen LogP contribution in [0.1, 0.15) is 6.42 Å². The summed E-state index contributed by atoms with van der Waals surface area (Å²) in [6.07, 6.45) is -0.929.